The largest absolute Gasteiger partial charge is 0.323 e. The van der Waals surface area contributed by atoms with E-state index in [4.69, 9.17) is 0 Å². The average Bonchev–Trinajstić information content (AvgIpc) is 2.31. The van der Waals surface area contributed by atoms with Gasteiger partial charge in [0.2, 0.25) is 0 Å². The van der Waals surface area contributed by atoms with E-state index in [9.17, 15) is 10.1 Å². The van der Waals surface area contributed by atoms with Gasteiger partial charge in [-0.3, -0.25) is 10.1 Å². The number of nitro groups is 1. The van der Waals surface area contributed by atoms with Crippen LogP contribution in [0.15, 0.2) is 24.3 Å². The summed E-state index contributed by atoms with van der Waals surface area (Å²) < 4.78 is 0. The van der Waals surface area contributed by atoms with Crippen molar-refractivity contribution in [1.82, 2.24) is 10.6 Å². The minimum Gasteiger partial charge on any atom is -0.323 e. The van der Waals surface area contributed by atoms with Gasteiger partial charge in [0.25, 0.3) is 5.69 Å². The number of nitrogens with one attached hydrogen (secondary N) is 2. The molecule has 5 heteroatoms. The third-order valence-electron chi connectivity index (χ3n) is 1.99. The van der Waals surface area contributed by atoms with Gasteiger partial charge in [-0.25, -0.2) is 0 Å². The van der Waals surface area contributed by atoms with Gasteiger partial charge in [-0.05, 0) is 39.2 Å². The highest BCUT2D eigenvalue weighted by Gasteiger charge is 2.02. The maximum Gasteiger partial charge on any atom is 0.269 e. The molecule has 0 aromatic heterocycles. The summed E-state index contributed by atoms with van der Waals surface area (Å²) >= 11 is 0. The molecule has 1 aromatic carbocycles. The fourth-order valence-electron chi connectivity index (χ4n) is 1.19. The fourth-order valence-corrected chi connectivity index (χ4v) is 1.19. The van der Waals surface area contributed by atoms with E-state index in [0.29, 0.717) is 0 Å². The van der Waals surface area contributed by atoms with Crippen molar-refractivity contribution < 1.29 is 4.92 Å². The first-order chi connectivity index (χ1) is 8.15. The van der Waals surface area contributed by atoms with Crippen molar-refractivity contribution in [1.29, 1.82) is 0 Å². The second-order valence-electron chi connectivity index (χ2n) is 3.53. The monoisotopic (exact) mass is 239 g/mol. The molecule has 0 aliphatic heterocycles. The molecule has 0 amide bonds. The van der Waals surface area contributed by atoms with E-state index >= 15 is 0 Å². The zero-order valence-corrected chi connectivity index (χ0v) is 10.7. The van der Waals surface area contributed by atoms with E-state index < -0.39 is 0 Å². The Morgan fingerprint density at radius 1 is 1.24 bits per heavy atom. The van der Waals surface area contributed by atoms with Crippen LogP contribution in [0.1, 0.15) is 12.5 Å². The van der Waals surface area contributed by atoms with Crippen molar-refractivity contribution in [3.05, 3.63) is 39.9 Å². The zero-order chi connectivity index (χ0) is 13.1. The van der Waals surface area contributed by atoms with Gasteiger partial charge < -0.3 is 10.6 Å². The number of nitro benzene ring substituents is 1. The summed E-state index contributed by atoms with van der Waals surface area (Å²) in [7, 11) is 3.75. The first-order valence-electron chi connectivity index (χ1n) is 5.68. The van der Waals surface area contributed by atoms with Crippen LogP contribution >= 0.6 is 0 Å². The van der Waals surface area contributed by atoms with E-state index in [-0.39, 0.29) is 10.6 Å². The van der Waals surface area contributed by atoms with Gasteiger partial charge in [0.05, 0.1) is 4.92 Å². The number of nitrogens with zero attached hydrogens (tertiary/aromatic N) is 1. The van der Waals surface area contributed by atoms with Crippen LogP contribution in [-0.2, 0) is 6.42 Å². The Balaban J connectivity index is 0.000000770. The molecule has 0 aliphatic rings. The molecule has 96 valence electrons. The van der Waals surface area contributed by atoms with Gasteiger partial charge >= 0.3 is 0 Å². The van der Waals surface area contributed by atoms with Crippen molar-refractivity contribution in [3.8, 4) is 0 Å². The molecule has 0 radical (unpaired) electrons. The van der Waals surface area contributed by atoms with Crippen molar-refractivity contribution in [2.75, 3.05) is 27.2 Å². The minimum atomic E-state index is -0.381. The molecule has 17 heavy (non-hydrogen) atoms. The summed E-state index contributed by atoms with van der Waals surface area (Å²) in [6.07, 6.45) is 0.909. The van der Waals surface area contributed by atoms with Crippen LogP contribution in [0, 0.1) is 10.1 Å². The molecule has 0 spiro atoms. The van der Waals surface area contributed by atoms with Crippen LogP contribution in [0.25, 0.3) is 0 Å². The molecule has 1 rings (SSSR count). The number of benzene rings is 1. The van der Waals surface area contributed by atoms with Gasteiger partial charge in [0, 0.05) is 12.1 Å². The predicted molar refractivity (Wildman–Crippen MR) is 70.3 cm³/mol. The molecule has 0 saturated carbocycles. The predicted octanol–water partition coefficient (Wildman–Crippen LogP) is 1.58. The lowest BCUT2D eigenvalue weighted by Gasteiger charge is -2.01. The summed E-state index contributed by atoms with van der Waals surface area (Å²) in [6.45, 7) is 3.91. The van der Waals surface area contributed by atoms with Crippen molar-refractivity contribution >= 4 is 5.69 Å². The number of rotatable bonds is 5. The van der Waals surface area contributed by atoms with Crippen LogP contribution in [0.5, 0.6) is 0 Å². The van der Waals surface area contributed by atoms with Crippen molar-refractivity contribution in [3.63, 3.8) is 0 Å². The third-order valence-corrected chi connectivity index (χ3v) is 1.99. The lowest BCUT2D eigenvalue weighted by molar-refractivity contribution is -0.384. The molecule has 0 heterocycles. The zero-order valence-electron chi connectivity index (χ0n) is 10.7. The van der Waals surface area contributed by atoms with Gasteiger partial charge in [-0.1, -0.05) is 19.1 Å². The molecule has 2 N–H and O–H groups in total. The average molecular weight is 239 g/mol. The molecule has 0 atom stereocenters. The Morgan fingerprint density at radius 3 is 2.18 bits per heavy atom. The summed E-state index contributed by atoms with van der Waals surface area (Å²) in [5, 5.41) is 16.3. The highest BCUT2D eigenvalue weighted by molar-refractivity contribution is 5.32. The van der Waals surface area contributed by atoms with Crippen LogP contribution < -0.4 is 10.6 Å². The smallest absolute Gasteiger partial charge is 0.269 e. The Hall–Kier alpha value is -1.46. The maximum absolute atomic E-state index is 10.4. The van der Waals surface area contributed by atoms with Gasteiger partial charge in [-0.2, -0.15) is 0 Å². The van der Waals surface area contributed by atoms with E-state index in [1.807, 2.05) is 14.1 Å². The molecule has 0 bridgehead atoms. The molecule has 5 nitrogen and oxygen atoms in total. The van der Waals surface area contributed by atoms with Crippen LogP contribution in [0.3, 0.4) is 0 Å². The Bertz CT molecular complexity index is 312. The number of hydrogen-bond donors (Lipinski definition) is 2. The number of hydrogen-bond acceptors (Lipinski definition) is 4. The molecule has 0 fully saturated rings. The second-order valence-corrected chi connectivity index (χ2v) is 3.53. The normalized spacial score (nSPS) is 9.35. The minimum absolute atomic E-state index is 0.150. The van der Waals surface area contributed by atoms with Crippen LogP contribution in [0.2, 0.25) is 0 Å². The lowest BCUT2D eigenvalue weighted by atomic mass is 10.1. The Kier molecular flexibility index (Phi) is 8.91. The molecule has 0 aliphatic carbocycles. The SMILES string of the molecule is CCNCCc1ccc([N+](=O)[O-])cc1.CNC. The molecule has 0 unspecified atom stereocenters. The topological polar surface area (TPSA) is 67.2 Å². The standard InChI is InChI=1S/C10H14N2O2.C2H7N/c1-2-11-8-7-9-3-5-10(6-4-9)12(13)14;1-3-2/h3-6,11H,2,7-8H2,1H3;3H,1-2H3. The third kappa shape index (κ3) is 7.43. The second kappa shape index (κ2) is 9.74. The first kappa shape index (κ1) is 15.5. The maximum atomic E-state index is 10.4. The number of likely N-dealkylation sites (N-methyl/N-ethyl adjacent to an activating group) is 1. The molecular formula is C12H21N3O2. The van der Waals surface area contributed by atoms with Crippen LogP contribution in [-0.4, -0.2) is 32.1 Å². The molecule has 1 aromatic rings. The van der Waals surface area contributed by atoms with Gasteiger partial charge in [0.15, 0.2) is 0 Å². The van der Waals surface area contributed by atoms with Crippen LogP contribution in [0.4, 0.5) is 5.69 Å². The summed E-state index contributed by atoms with van der Waals surface area (Å²) in [6, 6.07) is 6.69. The van der Waals surface area contributed by atoms with Crippen molar-refractivity contribution in [2.45, 2.75) is 13.3 Å². The van der Waals surface area contributed by atoms with Gasteiger partial charge in [0.1, 0.15) is 0 Å². The van der Waals surface area contributed by atoms with E-state index in [1.54, 1.807) is 24.3 Å². The lowest BCUT2D eigenvalue weighted by Crippen LogP contribution is -2.15. The van der Waals surface area contributed by atoms with E-state index in [2.05, 4.69) is 17.6 Å². The summed E-state index contributed by atoms with van der Waals surface area (Å²) in [5.41, 5.74) is 1.27. The van der Waals surface area contributed by atoms with Crippen molar-refractivity contribution in [2.24, 2.45) is 0 Å². The summed E-state index contributed by atoms with van der Waals surface area (Å²) in [5.74, 6) is 0. The fraction of sp³-hybridized carbons (Fsp3) is 0.500. The quantitative estimate of drug-likeness (QED) is 0.465. The van der Waals surface area contributed by atoms with E-state index in [1.165, 1.54) is 0 Å². The van der Waals surface area contributed by atoms with Gasteiger partial charge in [-0.15, -0.1) is 0 Å². The highest BCUT2D eigenvalue weighted by Crippen LogP contribution is 2.11. The number of non-ortho nitro benzene ring substituents is 1. The molecule has 0 saturated heterocycles. The van der Waals surface area contributed by atoms with E-state index in [0.717, 1.165) is 25.1 Å². The Labute approximate surface area is 102 Å². The Morgan fingerprint density at radius 2 is 1.76 bits per heavy atom. The highest BCUT2D eigenvalue weighted by atomic mass is 16.6. The molecular weight excluding hydrogens is 218 g/mol. The summed E-state index contributed by atoms with van der Waals surface area (Å²) in [4.78, 5) is 9.98. The first-order valence-corrected chi connectivity index (χ1v) is 5.68.